The molecule has 0 saturated heterocycles. The number of carbonyl (C=O) groups is 1. The first-order chi connectivity index (χ1) is 12.9. The summed E-state index contributed by atoms with van der Waals surface area (Å²) in [6, 6.07) is 4.70. The Hall–Kier alpha value is -2.41. The number of amides is 2. The predicted molar refractivity (Wildman–Crippen MR) is 112 cm³/mol. The Morgan fingerprint density at radius 2 is 2.04 bits per heavy atom. The number of halogens is 1. The van der Waals surface area contributed by atoms with Gasteiger partial charge in [0.05, 0.1) is 22.0 Å². The number of nitrogens with one attached hydrogen (secondary N) is 3. The third kappa shape index (κ3) is 6.06. The lowest BCUT2D eigenvalue weighted by Gasteiger charge is -2.12. The van der Waals surface area contributed by atoms with Crippen LogP contribution in [-0.4, -0.2) is 17.6 Å². The first kappa shape index (κ1) is 20.9. The standard InChI is InChI=1S/C20H27FN4OS/c1-5-7-11-22-19(26)25-20-23-14(4)18(27-20)16(8-6-2)24-17-12-13(3)9-10-15(17)21/h8-10,12,24H,5-7,11H2,1-4H3,(H2,22,23,25,26)/b16-8+. The van der Waals surface area contributed by atoms with Gasteiger partial charge >= 0.3 is 6.03 Å². The molecule has 0 aliphatic rings. The molecule has 2 amide bonds. The minimum Gasteiger partial charge on any atom is -0.352 e. The van der Waals surface area contributed by atoms with Crippen LogP contribution in [0.15, 0.2) is 24.3 Å². The molecule has 0 spiro atoms. The van der Waals surface area contributed by atoms with Crippen molar-refractivity contribution >= 4 is 33.9 Å². The molecule has 3 N–H and O–H groups in total. The largest absolute Gasteiger partial charge is 0.352 e. The lowest BCUT2D eigenvalue weighted by atomic mass is 10.2. The average molecular weight is 391 g/mol. The number of nitrogens with zero attached hydrogens (tertiary/aromatic N) is 1. The van der Waals surface area contributed by atoms with Gasteiger partial charge in [-0.15, -0.1) is 0 Å². The molecule has 2 rings (SSSR count). The zero-order chi connectivity index (χ0) is 19.8. The van der Waals surface area contributed by atoms with Crippen LogP contribution in [0.1, 0.15) is 49.2 Å². The van der Waals surface area contributed by atoms with Crippen LogP contribution in [0.5, 0.6) is 0 Å². The van der Waals surface area contributed by atoms with Crippen LogP contribution in [-0.2, 0) is 0 Å². The fourth-order valence-corrected chi connectivity index (χ4v) is 3.46. The van der Waals surface area contributed by atoms with E-state index in [0.717, 1.165) is 41.1 Å². The van der Waals surface area contributed by atoms with Gasteiger partial charge in [-0.1, -0.05) is 43.7 Å². The van der Waals surface area contributed by atoms with Gasteiger partial charge in [0.25, 0.3) is 0 Å². The zero-order valence-corrected chi connectivity index (χ0v) is 17.1. The summed E-state index contributed by atoms with van der Waals surface area (Å²) >= 11 is 1.37. The van der Waals surface area contributed by atoms with Crippen LogP contribution in [0.25, 0.3) is 5.70 Å². The van der Waals surface area contributed by atoms with E-state index in [9.17, 15) is 9.18 Å². The van der Waals surface area contributed by atoms with Crippen molar-refractivity contribution < 1.29 is 9.18 Å². The van der Waals surface area contributed by atoms with Gasteiger partial charge in [-0.05, 0) is 44.4 Å². The van der Waals surface area contributed by atoms with Crippen LogP contribution >= 0.6 is 11.3 Å². The van der Waals surface area contributed by atoms with Gasteiger partial charge in [0.15, 0.2) is 5.13 Å². The van der Waals surface area contributed by atoms with Gasteiger partial charge in [-0.2, -0.15) is 0 Å². The van der Waals surface area contributed by atoms with Crippen LogP contribution < -0.4 is 16.0 Å². The van der Waals surface area contributed by atoms with E-state index in [-0.39, 0.29) is 11.8 Å². The number of thiazole rings is 1. The molecule has 1 aromatic heterocycles. The molecular weight excluding hydrogens is 363 g/mol. The van der Waals surface area contributed by atoms with Crippen LogP contribution in [0.2, 0.25) is 0 Å². The van der Waals surface area contributed by atoms with Crippen molar-refractivity contribution in [3.63, 3.8) is 0 Å². The summed E-state index contributed by atoms with van der Waals surface area (Å²) in [6.07, 6.45) is 4.73. The van der Waals surface area contributed by atoms with E-state index in [0.29, 0.717) is 17.4 Å². The molecule has 1 aromatic carbocycles. The number of hydrogen-bond donors (Lipinski definition) is 3. The summed E-state index contributed by atoms with van der Waals surface area (Å²) in [4.78, 5) is 17.3. The number of rotatable bonds is 8. The summed E-state index contributed by atoms with van der Waals surface area (Å²) in [5, 5.41) is 9.28. The maximum absolute atomic E-state index is 14.1. The third-order valence-electron chi connectivity index (χ3n) is 3.88. The van der Waals surface area contributed by atoms with Gasteiger partial charge < -0.3 is 10.6 Å². The molecule has 0 bridgehead atoms. The van der Waals surface area contributed by atoms with E-state index >= 15 is 0 Å². The molecule has 5 nitrogen and oxygen atoms in total. The van der Waals surface area contributed by atoms with E-state index in [4.69, 9.17) is 0 Å². The number of carbonyl (C=O) groups excluding carboxylic acids is 1. The molecule has 0 atom stereocenters. The highest BCUT2D eigenvalue weighted by Gasteiger charge is 2.15. The topological polar surface area (TPSA) is 66.0 Å². The van der Waals surface area contributed by atoms with Crippen molar-refractivity contribution in [3.05, 3.63) is 46.2 Å². The molecule has 0 unspecified atom stereocenters. The maximum Gasteiger partial charge on any atom is 0.321 e. The van der Waals surface area contributed by atoms with E-state index in [1.807, 2.05) is 26.8 Å². The van der Waals surface area contributed by atoms with Crippen molar-refractivity contribution in [2.45, 2.75) is 47.0 Å². The fraction of sp³-hybridized carbons (Fsp3) is 0.400. The van der Waals surface area contributed by atoms with Crippen molar-refractivity contribution in [2.75, 3.05) is 17.2 Å². The minimum absolute atomic E-state index is 0.262. The molecule has 2 aromatic rings. The van der Waals surface area contributed by atoms with Crippen LogP contribution in [0.4, 0.5) is 20.0 Å². The second-order valence-corrected chi connectivity index (χ2v) is 7.30. The fourth-order valence-electron chi connectivity index (χ4n) is 2.50. The quantitative estimate of drug-likeness (QED) is 0.508. The molecule has 146 valence electrons. The molecule has 27 heavy (non-hydrogen) atoms. The Kier molecular flexibility index (Phi) is 7.79. The highest BCUT2D eigenvalue weighted by Crippen LogP contribution is 2.31. The third-order valence-corrected chi connectivity index (χ3v) is 4.98. The number of urea groups is 1. The first-order valence-corrected chi connectivity index (χ1v) is 10.0. The van der Waals surface area contributed by atoms with Gasteiger partial charge in [-0.3, -0.25) is 5.32 Å². The number of anilines is 2. The summed E-state index contributed by atoms with van der Waals surface area (Å²) in [7, 11) is 0. The van der Waals surface area contributed by atoms with Crippen LogP contribution in [0.3, 0.4) is 0 Å². The summed E-state index contributed by atoms with van der Waals surface area (Å²) < 4.78 is 14.1. The highest BCUT2D eigenvalue weighted by molar-refractivity contribution is 7.17. The second-order valence-electron chi connectivity index (χ2n) is 6.30. The predicted octanol–water partition coefficient (Wildman–Crippen LogP) is 5.68. The van der Waals surface area contributed by atoms with Crippen molar-refractivity contribution in [2.24, 2.45) is 0 Å². The molecule has 0 aliphatic heterocycles. The molecule has 0 radical (unpaired) electrons. The minimum atomic E-state index is -0.307. The second kappa shape index (κ2) is 10.1. The van der Waals surface area contributed by atoms with Crippen molar-refractivity contribution in [3.8, 4) is 0 Å². The number of aromatic nitrogens is 1. The monoisotopic (exact) mass is 390 g/mol. The Morgan fingerprint density at radius 3 is 2.74 bits per heavy atom. The van der Waals surface area contributed by atoms with Crippen molar-refractivity contribution in [1.82, 2.24) is 10.3 Å². The van der Waals surface area contributed by atoms with Gasteiger partial charge in [0, 0.05) is 6.54 Å². The number of unbranched alkanes of at least 4 members (excludes halogenated alkanes) is 1. The van der Waals surface area contributed by atoms with Gasteiger partial charge in [-0.25, -0.2) is 14.2 Å². The Bertz CT molecular complexity index is 816. The smallest absolute Gasteiger partial charge is 0.321 e. The number of benzene rings is 1. The Morgan fingerprint density at radius 1 is 1.26 bits per heavy atom. The van der Waals surface area contributed by atoms with E-state index in [2.05, 4.69) is 27.9 Å². The zero-order valence-electron chi connectivity index (χ0n) is 16.3. The van der Waals surface area contributed by atoms with Gasteiger partial charge in [0.1, 0.15) is 5.82 Å². The average Bonchev–Trinajstić information content (AvgIpc) is 2.98. The molecular formula is C20H27FN4OS. The van der Waals surface area contributed by atoms with E-state index in [1.165, 1.54) is 17.4 Å². The molecule has 0 aliphatic carbocycles. The van der Waals surface area contributed by atoms with E-state index in [1.54, 1.807) is 12.1 Å². The van der Waals surface area contributed by atoms with E-state index < -0.39 is 0 Å². The van der Waals surface area contributed by atoms with Crippen LogP contribution in [0, 0.1) is 19.7 Å². The molecule has 0 saturated carbocycles. The number of allylic oxidation sites excluding steroid dienone is 1. The number of aryl methyl sites for hydroxylation is 2. The SMILES string of the molecule is CC/C=C(/Nc1cc(C)ccc1F)c1sc(NC(=O)NCCCC)nc1C. The lowest BCUT2D eigenvalue weighted by molar-refractivity contribution is 0.252. The number of hydrogen-bond acceptors (Lipinski definition) is 4. The summed E-state index contributed by atoms with van der Waals surface area (Å²) in [5.41, 5.74) is 2.97. The normalized spacial score (nSPS) is 11.4. The lowest BCUT2D eigenvalue weighted by Crippen LogP contribution is -2.29. The molecule has 0 fully saturated rings. The maximum atomic E-state index is 14.1. The molecule has 1 heterocycles. The van der Waals surface area contributed by atoms with Crippen molar-refractivity contribution in [1.29, 1.82) is 0 Å². The summed E-state index contributed by atoms with van der Waals surface area (Å²) in [5.74, 6) is -0.307. The summed E-state index contributed by atoms with van der Waals surface area (Å²) in [6.45, 7) is 8.52. The Labute approximate surface area is 164 Å². The Balaban J connectivity index is 2.18. The van der Waals surface area contributed by atoms with Gasteiger partial charge in [0.2, 0.25) is 0 Å². The highest BCUT2D eigenvalue weighted by atomic mass is 32.1. The molecule has 7 heteroatoms. The first-order valence-electron chi connectivity index (χ1n) is 9.20.